The van der Waals surface area contributed by atoms with E-state index in [0.717, 1.165) is 5.69 Å². The minimum atomic E-state index is -0.789. The summed E-state index contributed by atoms with van der Waals surface area (Å²) in [5.41, 5.74) is 5.35. The van der Waals surface area contributed by atoms with E-state index in [1.165, 1.54) is 16.9 Å². The first-order valence-electron chi connectivity index (χ1n) is 9.37. The molecule has 0 radical (unpaired) electrons. The van der Waals surface area contributed by atoms with Gasteiger partial charge in [-0.25, -0.2) is 5.01 Å². The third-order valence-electron chi connectivity index (χ3n) is 4.21. The van der Waals surface area contributed by atoms with Crippen LogP contribution in [-0.2, 0) is 10.2 Å². The monoisotopic (exact) mass is 400 g/mol. The molecule has 2 rings (SSSR count). The second-order valence-electron chi connectivity index (χ2n) is 7.59. The second-order valence-corrected chi connectivity index (χ2v) is 8.54. The number of hydrogen-bond acceptors (Lipinski definition) is 4. The summed E-state index contributed by atoms with van der Waals surface area (Å²) in [4.78, 5) is 24.0. The van der Waals surface area contributed by atoms with E-state index in [1.807, 2.05) is 35.7 Å². The lowest BCUT2D eigenvalue weighted by Gasteiger charge is -2.24. The van der Waals surface area contributed by atoms with Gasteiger partial charge in [-0.3, -0.25) is 15.0 Å². The van der Waals surface area contributed by atoms with E-state index in [-0.39, 0.29) is 17.7 Å². The standard InChI is InChI=1S/C22H28N2O3S/c1-22(2,3)17-11-13-18(14-12-17)23-24(21(27)19-9-8-16-28-19)15-7-5-4-6-10-20(25)26/h5,7-9,11-14,16,23H,4,6,10,15H2,1-3H3,(H,25,26)/b7-5-. The fraction of sp³-hybridized carbons (Fsp3) is 0.364. The molecule has 2 N–H and O–H groups in total. The van der Waals surface area contributed by atoms with Crippen molar-refractivity contribution >= 4 is 28.9 Å². The lowest BCUT2D eigenvalue weighted by molar-refractivity contribution is -0.137. The summed E-state index contributed by atoms with van der Waals surface area (Å²) in [7, 11) is 0. The van der Waals surface area contributed by atoms with Crippen LogP contribution in [0.15, 0.2) is 53.9 Å². The second kappa shape index (κ2) is 10.1. The minimum absolute atomic E-state index is 0.0731. The van der Waals surface area contributed by atoms with Crippen LogP contribution in [0.3, 0.4) is 0 Å². The number of carboxylic acids is 1. The molecule has 0 aliphatic heterocycles. The first kappa shape index (κ1) is 21.7. The number of unbranched alkanes of at least 4 members (excludes halogenated alkanes) is 1. The Hall–Kier alpha value is -2.60. The van der Waals surface area contributed by atoms with E-state index in [4.69, 9.17) is 5.11 Å². The highest BCUT2D eigenvalue weighted by Gasteiger charge is 2.17. The first-order valence-corrected chi connectivity index (χ1v) is 10.2. The fourth-order valence-corrected chi connectivity index (χ4v) is 3.25. The third kappa shape index (κ3) is 6.85. The van der Waals surface area contributed by atoms with Crippen molar-refractivity contribution in [3.05, 3.63) is 64.4 Å². The van der Waals surface area contributed by atoms with E-state index in [1.54, 1.807) is 11.1 Å². The van der Waals surface area contributed by atoms with Crippen molar-refractivity contribution in [1.82, 2.24) is 5.01 Å². The Morgan fingerprint density at radius 3 is 2.43 bits per heavy atom. The molecule has 0 bridgehead atoms. The molecule has 0 atom stereocenters. The zero-order chi connectivity index (χ0) is 20.6. The maximum absolute atomic E-state index is 12.8. The molecule has 1 amide bonds. The number of carbonyl (C=O) groups excluding carboxylic acids is 1. The predicted octanol–water partition coefficient (Wildman–Crippen LogP) is 5.33. The van der Waals surface area contributed by atoms with Gasteiger partial charge in [0, 0.05) is 6.42 Å². The van der Waals surface area contributed by atoms with Crippen molar-refractivity contribution in [2.45, 2.75) is 45.4 Å². The Morgan fingerprint density at radius 1 is 1.14 bits per heavy atom. The smallest absolute Gasteiger partial charge is 0.303 e. The molecule has 28 heavy (non-hydrogen) atoms. The van der Waals surface area contributed by atoms with Gasteiger partial charge in [0.1, 0.15) is 0 Å². The zero-order valence-corrected chi connectivity index (χ0v) is 17.5. The van der Waals surface area contributed by atoms with Crippen molar-refractivity contribution in [1.29, 1.82) is 0 Å². The van der Waals surface area contributed by atoms with Gasteiger partial charge in [0.05, 0.1) is 17.1 Å². The lowest BCUT2D eigenvalue weighted by atomic mass is 9.87. The number of hydrazine groups is 1. The van der Waals surface area contributed by atoms with E-state index >= 15 is 0 Å². The summed E-state index contributed by atoms with van der Waals surface area (Å²) in [6.45, 7) is 6.89. The number of thiophene rings is 1. The van der Waals surface area contributed by atoms with Crippen LogP contribution in [-0.4, -0.2) is 28.5 Å². The van der Waals surface area contributed by atoms with Crippen LogP contribution in [0.2, 0.25) is 0 Å². The molecule has 0 aliphatic carbocycles. The summed E-state index contributed by atoms with van der Waals surface area (Å²) in [6, 6.07) is 11.8. The fourth-order valence-electron chi connectivity index (χ4n) is 2.58. The average Bonchev–Trinajstić information content (AvgIpc) is 3.17. The number of rotatable bonds is 9. The number of amides is 1. The number of nitrogens with zero attached hydrogens (tertiary/aromatic N) is 1. The van der Waals surface area contributed by atoms with Crippen LogP contribution in [0.5, 0.6) is 0 Å². The molecule has 1 aromatic carbocycles. The molecule has 1 aromatic heterocycles. The van der Waals surface area contributed by atoms with Crippen LogP contribution in [0.4, 0.5) is 5.69 Å². The molecule has 0 unspecified atom stereocenters. The van der Waals surface area contributed by atoms with Gasteiger partial charge in [-0.15, -0.1) is 11.3 Å². The predicted molar refractivity (Wildman–Crippen MR) is 115 cm³/mol. The highest BCUT2D eigenvalue weighted by Crippen LogP contribution is 2.24. The maximum Gasteiger partial charge on any atom is 0.303 e. The molecule has 0 saturated heterocycles. The van der Waals surface area contributed by atoms with Crippen molar-refractivity contribution in [3.63, 3.8) is 0 Å². The van der Waals surface area contributed by atoms with Gasteiger partial charge in [0.25, 0.3) is 5.91 Å². The number of anilines is 1. The summed E-state index contributed by atoms with van der Waals surface area (Å²) in [5.74, 6) is -0.881. The quantitative estimate of drug-likeness (QED) is 0.339. The molecule has 5 nitrogen and oxygen atoms in total. The van der Waals surface area contributed by atoms with Crippen molar-refractivity contribution < 1.29 is 14.7 Å². The molecular weight excluding hydrogens is 372 g/mol. The summed E-state index contributed by atoms with van der Waals surface area (Å²) < 4.78 is 0. The molecule has 0 spiro atoms. The topological polar surface area (TPSA) is 69.6 Å². The lowest BCUT2D eigenvalue weighted by Crippen LogP contribution is -2.36. The molecule has 0 aliphatic rings. The summed E-state index contributed by atoms with van der Waals surface area (Å²) in [6.07, 6.45) is 5.23. The normalized spacial score (nSPS) is 11.5. The van der Waals surface area contributed by atoms with Crippen LogP contribution in [0, 0.1) is 0 Å². The molecule has 6 heteroatoms. The molecule has 1 heterocycles. The zero-order valence-electron chi connectivity index (χ0n) is 16.6. The van der Waals surface area contributed by atoms with Crippen LogP contribution < -0.4 is 5.43 Å². The third-order valence-corrected chi connectivity index (χ3v) is 5.07. The van der Waals surface area contributed by atoms with Gasteiger partial charge in [0.15, 0.2) is 0 Å². The maximum atomic E-state index is 12.8. The molecule has 2 aromatic rings. The molecular formula is C22H28N2O3S. The first-order chi connectivity index (χ1) is 13.3. The van der Waals surface area contributed by atoms with Crippen molar-refractivity contribution in [2.24, 2.45) is 0 Å². The Balaban J connectivity index is 2.04. The van der Waals surface area contributed by atoms with Gasteiger partial charge >= 0.3 is 5.97 Å². The van der Waals surface area contributed by atoms with E-state index in [9.17, 15) is 9.59 Å². The van der Waals surface area contributed by atoms with Crippen LogP contribution in [0.25, 0.3) is 0 Å². The highest BCUT2D eigenvalue weighted by molar-refractivity contribution is 7.12. The summed E-state index contributed by atoms with van der Waals surface area (Å²) in [5, 5.41) is 12.1. The van der Waals surface area contributed by atoms with Gasteiger partial charge in [-0.05, 0) is 47.4 Å². The largest absolute Gasteiger partial charge is 0.481 e. The van der Waals surface area contributed by atoms with Crippen LogP contribution in [0.1, 0.15) is 55.3 Å². The number of allylic oxidation sites excluding steroid dienone is 1. The highest BCUT2D eigenvalue weighted by atomic mass is 32.1. The van der Waals surface area contributed by atoms with Gasteiger partial charge in [-0.1, -0.05) is 51.1 Å². The number of hydrogen-bond donors (Lipinski definition) is 2. The Bertz CT molecular complexity index is 790. The van der Waals surface area contributed by atoms with Crippen molar-refractivity contribution in [2.75, 3.05) is 12.0 Å². The summed E-state index contributed by atoms with van der Waals surface area (Å²) >= 11 is 1.41. The van der Waals surface area contributed by atoms with Crippen molar-refractivity contribution in [3.8, 4) is 0 Å². The van der Waals surface area contributed by atoms with Crippen LogP contribution >= 0.6 is 11.3 Å². The molecule has 0 fully saturated rings. The number of carboxylic acid groups (broad SMARTS) is 1. The van der Waals surface area contributed by atoms with Gasteiger partial charge < -0.3 is 5.11 Å². The SMILES string of the molecule is CC(C)(C)c1ccc(NN(C/C=C\CCCC(=O)O)C(=O)c2cccs2)cc1. The molecule has 0 saturated carbocycles. The minimum Gasteiger partial charge on any atom is -0.481 e. The Morgan fingerprint density at radius 2 is 1.86 bits per heavy atom. The number of benzene rings is 1. The van der Waals surface area contributed by atoms with E-state index < -0.39 is 5.97 Å². The number of nitrogens with one attached hydrogen (secondary N) is 1. The van der Waals surface area contributed by atoms with E-state index in [0.29, 0.717) is 24.3 Å². The Kier molecular flexibility index (Phi) is 7.81. The van der Waals surface area contributed by atoms with Gasteiger partial charge in [0.2, 0.25) is 0 Å². The number of carbonyl (C=O) groups is 2. The Labute approximate surface area is 170 Å². The average molecular weight is 401 g/mol. The molecule has 150 valence electrons. The van der Waals surface area contributed by atoms with Gasteiger partial charge in [-0.2, -0.15) is 0 Å². The van der Waals surface area contributed by atoms with E-state index in [2.05, 4.69) is 38.3 Å². The number of aliphatic carboxylic acids is 1.